The van der Waals surface area contributed by atoms with E-state index in [1.165, 1.54) is 5.69 Å². The molecule has 1 aliphatic heterocycles. The fraction of sp³-hybridized carbons (Fsp3) is 0.235. The molecule has 0 saturated carbocycles. The molecule has 0 aromatic heterocycles. The first kappa shape index (κ1) is 14.9. The molecule has 0 aliphatic carbocycles. The fourth-order valence-corrected chi connectivity index (χ4v) is 2.86. The average Bonchev–Trinajstić information content (AvgIpc) is 2.57. The Morgan fingerprint density at radius 1 is 1.00 bits per heavy atom. The van der Waals surface area contributed by atoms with Crippen LogP contribution in [-0.4, -0.2) is 42.5 Å². The van der Waals surface area contributed by atoms with Crippen LogP contribution >= 0.6 is 15.9 Å². The van der Waals surface area contributed by atoms with Gasteiger partial charge in [0.1, 0.15) is 5.75 Å². The molecular formula is C17H18BrN3O. The van der Waals surface area contributed by atoms with E-state index in [0.717, 1.165) is 36.2 Å². The van der Waals surface area contributed by atoms with Crippen LogP contribution in [0.1, 0.15) is 5.56 Å². The summed E-state index contributed by atoms with van der Waals surface area (Å²) in [6.07, 6.45) is 1.72. The quantitative estimate of drug-likeness (QED) is 0.854. The topological polar surface area (TPSA) is 39.1 Å². The highest BCUT2D eigenvalue weighted by Gasteiger charge is 2.15. The molecule has 0 bridgehead atoms. The summed E-state index contributed by atoms with van der Waals surface area (Å²) in [6, 6.07) is 15.8. The van der Waals surface area contributed by atoms with Crippen molar-refractivity contribution in [3.63, 3.8) is 0 Å². The second kappa shape index (κ2) is 6.83. The standard InChI is InChI=1S/C17H18BrN3O/c18-15-6-7-17(22)14(12-15)13-19-21-10-8-20(9-11-21)16-4-2-1-3-5-16/h1-7,12-13,22H,8-11H2/b19-13-. The van der Waals surface area contributed by atoms with E-state index in [0.29, 0.717) is 0 Å². The summed E-state index contributed by atoms with van der Waals surface area (Å²) in [5.74, 6) is 0.245. The van der Waals surface area contributed by atoms with Crippen LogP contribution in [0.25, 0.3) is 0 Å². The number of aromatic hydroxyl groups is 1. The molecule has 5 heteroatoms. The van der Waals surface area contributed by atoms with Gasteiger partial charge in [-0.25, -0.2) is 0 Å². The minimum atomic E-state index is 0.245. The van der Waals surface area contributed by atoms with E-state index < -0.39 is 0 Å². The lowest BCUT2D eigenvalue weighted by Crippen LogP contribution is -2.44. The number of halogens is 1. The molecule has 1 saturated heterocycles. The maximum absolute atomic E-state index is 9.82. The minimum Gasteiger partial charge on any atom is -0.507 e. The first-order chi connectivity index (χ1) is 10.7. The number of nitrogens with zero attached hydrogens (tertiary/aromatic N) is 3. The number of hydrogen-bond acceptors (Lipinski definition) is 4. The largest absolute Gasteiger partial charge is 0.507 e. The number of phenolic OH excluding ortho intramolecular Hbond substituents is 1. The van der Waals surface area contributed by atoms with E-state index in [4.69, 9.17) is 0 Å². The van der Waals surface area contributed by atoms with Crippen molar-refractivity contribution < 1.29 is 5.11 Å². The van der Waals surface area contributed by atoms with Gasteiger partial charge < -0.3 is 10.0 Å². The number of hydrogen-bond donors (Lipinski definition) is 1. The number of para-hydroxylation sites is 1. The summed E-state index contributed by atoms with van der Waals surface area (Å²) in [4.78, 5) is 2.36. The van der Waals surface area contributed by atoms with E-state index in [9.17, 15) is 5.11 Å². The monoisotopic (exact) mass is 359 g/mol. The molecule has 0 unspecified atom stereocenters. The maximum atomic E-state index is 9.82. The molecule has 4 nitrogen and oxygen atoms in total. The van der Waals surface area contributed by atoms with E-state index >= 15 is 0 Å². The molecule has 0 atom stereocenters. The SMILES string of the molecule is Oc1ccc(Br)cc1/C=N\N1CCN(c2ccccc2)CC1. The molecule has 1 heterocycles. The molecular weight excluding hydrogens is 342 g/mol. The van der Waals surface area contributed by atoms with Gasteiger partial charge in [-0.05, 0) is 30.3 Å². The molecule has 114 valence electrons. The second-order valence-electron chi connectivity index (χ2n) is 5.22. The Morgan fingerprint density at radius 3 is 2.45 bits per heavy atom. The minimum absolute atomic E-state index is 0.245. The van der Waals surface area contributed by atoms with Gasteiger partial charge in [-0.1, -0.05) is 34.1 Å². The predicted octanol–water partition coefficient (Wildman–Crippen LogP) is 3.31. The number of hydrazone groups is 1. The highest BCUT2D eigenvalue weighted by molar-refractivity contribution is 9.10. The van der Waals surface area contributed by atoms with E-state index in [1.807, 2.05) is 23.2 Å². The number of anilines is 1. The van der Waals surface area contributed by atoms with Crippen LogP contribution in [0.4, 0.5) is 5.69 Å². The van der Waals surface area contributed by atoms with Gasteiger partial charge in [-0.3, -0.25) is 5.01 Å². The Labute approximate surface area is 138 Å². The van der Waals surface area contributed by atoms with Crippen LogP contribution in [0.15, 0.2) is 58.1 Å². The first-order valence-electron chi connectivity index (χ1n) is 7.30. The number of rotatable bonds is 3. The van der Waals surface area contributed by atoms with Crippen molar-refractivity contribution in [3.8, 4) is 5.75 Å². The molecule has 2 aromatic carbocycles. The maximum Gasteiger partial charge on any atom is 0.124 e. The van der Waals surface area contributed by atoms with Crippen LogP contribution in [0.5, 0.6) is 5.75 Å². The Kier molecular flexibility index (Phi) is 4.63. The second-order valence-corrected chi connectivity index (χ2v) is 6.14. The van der Waals surface area contributed by atoms with Crippen LogP contribution in [0.2, 0.25) is 0 Å². The number of piperazine rings is 1. The Bertz CT molecular complexity index is 652. The molecule has 1 N–H and O–H groups in total. The lowest BCUT2D eigenvalue weighted by molar-refractivity contribution is 0.272. The molecule has 0 amide bonds. The lowest BCUT2D eigenvalue weighted by Gasteiger charge is -2.34. The highest BCUT2D eigenvalue weighted by atomic mass is 79.9. The van der Waals surface area contributed by atoms with Crippen molar-refractivity contribution >= 4 is 27.8 Å². The van der Waals surface area contributed by atoms with Gasteiger partial charge >= 0.3 is 0 Å². The third-order valence-electron chi connectivity index (χ3n) is 3.73. The van der Waals surface area contributed by atoms with Crippen molar-refractivity contribution in [2.45, 2.75) is 0 Å². The van der Waals surface area contributed by atoms with Gasteiger partial charge in [0.15, 0.2) is 0 Å². The summed E-state index contributed by atoms with van der Waals surface area (Å²) in [5.41, 5.74) is 1.98. The van der Waals surface area contributed by atoms with Gasteiger partial charge in [-0.2, -0.15) is 5.10 Å². The van der Waals surface area contributed by atoms with Gasteiger partial charge in [-0.15, -0.1) is 0 Å². The van der Waals surface area contributed by atoms with Crippen molar-refractivity contribution in [2.24, 2.45) is 5.10 Å². The van der Waals surface area contributed by atoms with Crippen LogP contribution in [0, 0.1) is 0 Å². The number of phenols is 1. The molecule has 3 rings (SSSR count). The molecule has 2 aromatic rings. The van der Waals surface area contributed by atoms with E-state index in [1.54, 1.807) is 12.3 Å². The van der Waals surface area contributed by atoms with Gasteiger partial charge in [0.05, 0.1) is 19.3 Å². The smallest absolute Gasteiger partial charge is 0.124 e. The van der Waals surface area contributed by atoms with Crippen molar-refractivity contribution in [3.05, 3.63) is 58.6 Å². The molecule has 22 heavy (non-hydrogen) atoms. The zero-order valence-electron chi connectivity index (χ0n) is 12.2. The lowest BCUT2D eigenvalue weighted by atomic mass is 10.2. The normalized spacial score (nSPS) is 15.5. The first-order valence-corrected chi connectivity index (χ1v) is 8.09. The van der Waals surface area contributed by atoms with Gasteiger partial charge in [0.25, 0.3) is 0 Å². The Balaban J connectivity index is 1.60. The summed E-state index contributed by atoms with van der Waals surface area (Å²) in [7, 11) is 0. The third-order valence-corrected chi connectivity index (χ3v) is 4.22. The van der Waals surface area contributed by atoms with Crippen molar-refractivity contribution in [1.82, 2.24) is 5.01 Å². The number of benzene rings is 2. The summed E-state index contributed by atoms with van der Waals surface area (Å²) < 4.78 is 0.931. The fourth-order valence-electron chi connectivity index (χ4n) is 2.48. The zero-order valence-corrected chi connectivity index (χ0v) is 13.8. The van der Waals surface area contributed by atoms with Gasteiger partial charge in [0, 0.05) is 28.8 Å². The molecule has 0 spiro atoms. The summed E-state index contributed by atoms with van der Waals surface area (Å²) in [6.45, 7) is 3.65. The van der Waals surface area contributed by atoms with Crippen molar-refractivity contribution in [2.75, 3.05) is 31.1 Å². The average molecular weight is 360 g/mol. The highest BCUT2D eigenvalue weighted by Crippen LogP contribution is 2.20. The Hall–Kier alpha value is -2.01. The molecule has 0 radical (unpaired) electrons. The molecule has 1 aliphatic rings. The van der Waals surface area contributed by atoms with E-state index in [2.05, 4.69) is 50.2 Å². The van der Waals surface area contributed by atoms with Crippen molar-refractivity contribution in [1.29, 1.82) is 0 Å². The summed E-state index contributed by atoms with van der Waals surface area (Å²) in [5, 5.41) is 16.3. The predicted molar refractivity (Wildman–Crippen MR) is 93.6 cm³/mol. The van der Waals surface area contributed by atoms with Crippen LogP contribution in [0.3, 0.4) is 0 Å². The van der Waals surface area contributed by atoms with Crippen LogP contribution < -0.4 is 4.90 Å². The van der Waals surface area contributed by atoms with Crippen LogP contribution in [-0.2, 0) is 0 Å². The summed E-state index contributed by atoms with van der Waals surface area (Å²) >= 11 is 3.40. The molecule has 1 fully saturated rings. The Morgan fingerprint density at radius 2 is 1.73 bits per heavy atom. The zero-order chi connectivity index (χ0) is 15.4. The third kappa shape index (κ3) is 3.60. The van der Waals surface area contributed by atoms with Gasteiger partial charge in [0.2, 0.25) is 0 Å². The van der Waals surface area contributed by atoms with E-state index in [-0.39, 0.29) is 5.75 Å².